The maximum atomic E-state index is 13.4. The van der Waals surface area contributed by atoms with Crippen LogP contribution in [0.15, 0.2) is 58.0 Å². The van der Waals surface area contributed by atoms with Crippen molar-refractivity contribution in [3.8, 4) is 5.75 Å². The van der Waals surface area contributed by atoms with Crippen molar-refractivity contribution in [1.29, 1.82) is 0 Å². The molecule has 0 radical (unpaired) electrons. The topological polar surface area (TPSA) is 77.0 Å². The Morgan fingerprint density at radius 2 is 1.86 bits per heavy atom. The lowest BCUT2D eigenvalue weighted by atomic mass is 9.96. The highest BCUT2D eigenvalue weighted by Crippen LogP contribution is 2.39. The molecule has 0 saturated heterocycles. The molecule has 1 heterocycles. The molecule has 6 nitrogen and oxygen atoms in total. The number of carbonyl (C=O) groups excluding carboxylic acids is 2. The first-order valence-corrected chi connectivity index (χ1v) is 13.2. The number of nitrogens with zero attached hydrogens (tertiary/aromatic N) is 1. The molecule has 8 heteroatoms. The average Bonchev–Trinajstić information content (AvgIpc) is 3.18. The molecule has 1 aromatic heterocycles. The molecule has 0 atom stereocenters. The molecule has 3 aromatic rings. The van der Waals surface area contributed by atoms with E-state index in [4.69, 9.17) is 9.73 Å². The van der Waals surface area contributed by atoms with Gasteiger partial charge < -0.3 is 14.8 Å². The number of anilines is 1. The third kappa shape index (κ3) is 6.58. The van der Waals surface area contributed by atoms with Crippen LogP contribution in [-0.2, 0) is 22.4 Å². The number of ether oxygens (including phenoxy) is 2. The van der Waals surface area contributed by atoms with Crippen LogP contribution < -0.4 is 10.1 Å². The second-order valence-corrected chi connectivity index (χ2v) is 10.2. The second-order valence-electron chi connectivity index (χ2n) is 8.23. The Morgan fingerprint density at radius 1 is 1.09 bits per heavy atom. The maximum absolute atomic E-state index is 13.4. The molecule has 0 unspecified atom stereocenters. The van der Waals surface area contributed by atoms with Gasteiger partial charge in [0, 0.05) is 16.8 Å². The number of rotatable bonds is 7. The number of hydrogen-bond acceptors (Lipinski definition) is 6. The quantitative estimate of drug-likeness (QED) is 0.259. The summed E-state index contributed by atoms with van der Waals surface area (Å²) in [5.41, 5.74) is 3.44. The Bertz CT molecular complexity index is 1220. The summed E-state index contributed by atoms with van der Waals surface area (Å²) in [6.07, 6.45) is 8.27. The van der Waals surface area contributed by atoms with Gasteiger partial charge in [-0.15, -0.1) is 11.3 Å². The van der Waals surface area contributed by atoms with Gasteiger partial charge in [-0.1, -0.05) is 31.0 Å². The number of benzene rings is 2. The van der Waals surface area contributed by atoms with Gasteiger partial charge in [-0.25, -0.2) is 9.79 Å². The molecule has 182 valence electrons. The Hall–Kier alpha value is -2.97. The van der Waals surface area contributed by atoms with Crippen molar-refractivity contribution in [3.63, 3.8) is 0 Å². The first-order chi connectivity index (χ1) is 17.0. The van der Waals surface area contributed by atoms with Crippen molar-refractivity contribution >= 4 is 56.0 Å². The van der Waals surface area contributed by atoms with E-state index in [0.717, 1.165) is 47.5 Å². The van der Waals surface area contributed by atoms with Gasteiger partial charge in [-0.05, 0) is 83.1 Å². The fourth-order valence-corrected chi connectivity index (χ4v) is 5.73. The largest absolute Gasteiger partial charge is 0.481 e. The van der Waals surface area contributed by atoms with Crippen LogP contribution in [0.2, 0.25) is 0 Å². The highest BCUT2D eigenvalue weighted by Gasteiger charge is 2.24. The zero-order valence-corrected chi connectivity index (χ0v) is 21.9. The number of esters is 1. The Balaban J connectivity index is 1.61. The van der Waals surface area contributed by atoms with Crippen molar-refractivity contribution in [2.45, 2.75) is 38.5 Å². The molecular formula is C27H27BrN2O4S. The fourth-order valence-electron chi connectivity index (χ4n) is 3.99. The van der Waals surface area contributed by atoms with E-state index >= 15 is 0 Å². The molecule has 1 N–H and O–H groups in total. The van der Waals surface area contributed by atoms with E-state index in [-0.39, 0.29) is 12.5 Å². The zero-order chi connectivity index (χ0) is 24.6. The minimum Gasteiger partial charge on any atom is -0.481 e. The number of halogens is 1. The van der Waals surface area contributed by atoms with Crippen LogP contribution in [0, 0.1) is 0 Å². The SMILES string of the molecule is COC(=O)COc1ccc(C=Nc2sc3c(c2C(=O)Nc2ccccc2)CCCCCC3)cc1Br. The third-order valence-electron chi connectivity index (χ3n) is 5.77. The average molecular weight is 555 g/mol. The monoisotopic (exact) mass is 554 g/mol. The van der Waals surface area contributed by atoms with Crippen LogP contribution in [0.3, 0.4) is 0 Å². The van der Waals surface area contributed by atoms with E-state index in [0.29, 0.717) is 15.8 Å². The summed E-state index contributed by atoms with van der Waals surface area (Å²) < 4.78 is 10.8. The van der Waals surface area contributed by atoms with Crippen LogP contribution in [-0.4, -0.2) is 31.8 Å². The molecule has 2 aromatic carbocycles. The second kappa shape index (κ2) is 12.1. The van der Waals surface area contributed by atoms with Gasteiger partial charge in [0.25, 0.3) is 5.91 Å². The van der Waals surface area contributed by atoms with Gasteiger partial charge in [0.15, 0.2) is 6.61 Å². The minimum absolute atomic E-state index is 0.117. The summed E-state index contributed by atoms with van der Waals surface area (Å²) >= 11 is 5.10. The smallest absolute Gasteiger partial charge is 0.343 e. The molecule has 1 amide bonds. The standard InChI is InChI=1S/C27H27BrN2O4S/c1-33-24(31)17-34-22-14-13-18(15-21(22)28)16-29-27-25(26(32)30-19-9-5-4-6-10-19)20-11-7-2-3-8-12-23(20)35-27/h4-6,9-10,13-16H,2-3,7-8,11-12,17H2,1H3,(H,30,32). The van der Waals surface area contributed by atoms with Gasteiger partial charge in [-0.3, -0.25) is 4.79 Å². The van der Waals surface area contributed by atoms with Crippen molar-refractivity contribution in [3.05, 3.63) is 74.6 Å². The van der Waals surface area contributed by atoms with Crippen molar-refractivity contribution in [2.75, 3.05) is 19.0 Å². The van der Waals surface area contributed by atoms with Gasteiger partial charge in [-0.2, -0.15) is 0 Å². The van der Waals surface area contributed by atoms with E-state index < -0.39 is 5.97 Å². The van der Waals surface area contributed by atoms with Gasteiger partial charge in [0.2, 0.25) is 0 Å². The predicted molar refractivity (Wildman–Crippen MR) is 143 cm³/mol. The van der Waals surface area contributed by atoms with Crippen LogP contribution in [0.5, 0.6) is 5.75 Å². The zero-order valence-electron chi connectivity index (χ0n) is 19.5. The number of aryl methyl sites for hydroxylation is 1. The molecule has 1 aliphatic rings. The number of amides is 1. The first-order valence-electron chi connectivity index (χ1n) is 11.6. The Morgan fingerprint density at radius 3 is 2.60 bits per heavy atom. The summed E-state index contributed by atoms with van der Waals surface area (Å²) in [6, 6.07) is 15.0. The van der Waals surface area contributed by atoms with Crippen molar-refractivity contribution in [2.24, 2.45) is 4.99 Å². The lowest BCUT2D eigenvalue weighted by Gasteiger charge is -2.12. The van der Waals surface area contributed by atoms with Gasteiger partial charge in [0.1, 0.15) is 10.8 Å². The number of fused-ring (bicyclic) bond motifs is 1. The number of hydrogen-bond donors (Lipinski definition) is 1. The maximum Gasteiger partial charge on any atom is 0.343 e. The van der Waals surface area contributed by atoms with Crippen molar-refractivity contribution < 1.29 is 19.1 Å². The highest BCUT2D eigenvalue weighted by atomic mass is 79.9. The molecular weight excluding hydrogens is 528 g/mol. The van der Waals surface area contributed by atoms with Crippen molar-refractivity contribution in [1.82, 2.24) is 0 Å². The summed E-state index contributed by atoms with van der Waals surface area (Å²) in [6.45, 7) is -0.164. The summed E-state index contributed by atoms with van der Waals surface area (Å²) in [5, 5.41) is 3.77. The molecule has 0 spiro atoms. The van der Waals surface area contributed by atoms with Gasteiger partial charge in [0.05, 0.1) is 17.1 Å². The Kier molecular flexibility index (Phi) is 8.71. The number of carbonyl (C=O) groups is 2. The molecule has 0 aliphatic heterocycles. The number of aliphatic imine (C=N–C) groups is 1. The lowest BCUT2D eigenvalue weighted by Crippen LogP contribution is -2.14. The third-order valence-corrected chi connectivity index (χ3v) is 7.59. The van der Waals surface area contributed by atoms with E-state index in [1.165, 1.54) is 24.8 Å². The molecule has 1 aliphatic carbocycles. The number of methoxy groups -OCH3 is 1. The van der Waals surface area contributed by atoms with E-state index in [1.807, 2.05) is 42.5 Å². The van der Waals surface area contributed by atoms with Crippen LogP contribution in [0.1, 0.15) is 52.0 Å². The minimum atomic E-state index is -0.447. The molecule has 0 fully saturated rings. The normalized spacial score (nSPS) is 13.5. The number of nitrogens with one attached hydrogen (secondary N) is 1. The first kappa shape index (κ1) is 25.1. The van der Waals surface area contributed by atoms with E-state index in [1.54, 1.807) is 23.6 Å². The highest BCUT2D eigenvalue weighted by molar-refractivity contribution is 9.10. The van der Waals surface area contributed by atoms with Crippen LogP contribution in [0.25, 0.3) is 0 Å². The molecule has 0 bridgehead atoms. The predicted octanol–water partition coefficient (Wildman–Crippen LogP) is 6.72. The van der Waals surface area contributed by atoms with E-state index in [2.05, 4.69) is 26.0 Å². The van der Waals surface area contributed by atoms with E-state index in [9.17, 15) is 9.59 Å². The summed E-state index contributed by atoms with van der Waals surface area (Å²) in [5.74, 6) is -0.0270. The molecule has 4 rings (SSSR count). The fraction of sp³-hybridized carbons (Fsp3) is 0.296. The summed E-state index contributed by atoms with van der Waals surface area (Å²) in [7, 11) is 1.32. The number of para-hydroxylation sites is 1. The molecule has 0 saturated carbocycles. The number of thiophene rings is 1. The van der Waals surface area contributed by atoms with Gasteiger partial charge >= 0.3 is 5.97 Å². The lowest BCUT2D eigenvalue weighted by molar-refractivity contribution is -0.142. The van der Waals surface area contributed by atoms with Crippen LogP contribution in [0.4, 0.5) is 10.7 Å². The molecule has 35 heavy (non-hydrogen) atoms. The van der Waals surface area contributed by atoms with Crippen LogP contribution >= 0.6 is 27.3 Å². The summed E-state index contributed by atoms with van der Waals surface area (Å²) in [4.78, 5) is 30.8. The Labute approximate surface area is 217 Å².